The van der Waals surface area contributed by atoms with Gasteiger partial charge in [-0.15, -0.1) is 0 Å². The normalized spacial score (nSPS) is 6.50. The van der Waals surface area contributed by atoms with E-state index < -0.39 is 0 Å². The van der Waals surface area contributed by atoms with Crippen LogP contribution < -0.4 is 0 Å². The van der Waals surface area contributed by atoms with Crippen LogP contribution in [0.1, 0.15) is 13.8 Å². The number of rotatable bonds is 0. The van der Waals surface area contributed by atoms with Gasteiger partial charge in [0, 0.05) is 6.10 Å². The molecule has 0 heterocycles. The van der Waals surface area contributed by atoms with E-state index in [1.54, 1.807) is 13.8 Å². The SMILES string of the molecule is CC(C)O.O[SiH3].[CH3][K]. The summed E-state index contributed by atoms with van der Waals surface area (Å²) in [5, 5.41) is 8.06. The van der Waals surface area contributed by atoms with Gasteiger partial charge in [-0.1, -0.05) is 0 Å². The molecule has 0 unspecified atom stereocenters. The van der Waals surface area contributed by atoms with E-state index in [4.69, 9.17) is 9.90 Å². The molecule has 0 aromatic heterocycles. The Morgan fingerprint density at radius 2 is 1.25 bits per heavy atom. The first-order chi connectivity index (χ1) is 3.73. The van der Waals surface area contributed by atoms with Gasteiger partial charge in [-0.25, -0.2) is 0 Å². The summed E-state index contributed by atoms with van der Waals surface area (Å²) in [6.45, 7) is 3.44. The van der Waals surface area contributed by atoms with Crippen molar-refractivity contribution in [2.45, 2.75) is 21.0 Å². The molecular weight excluding hydrogens is 147 g/mol. The topological polar surface area (TPSA) is 40.5 Å². The molecule has 4 heteroatoms. The van der Waals surface area contributed by atoms with Crippen LogP contribution in [0.4, 0.5) is 0 Å². The third kappa shape index (κ3) is 113. The molecule has 0 saturated carbocycles. The van der Waals surface area contributed by atoms with Crippen LogP contribution in [0.2, 0.25) is 1.02 Å². The standard InChI is InChI=1S/C3H8O.CH3.K.H4OSi/c1-3(2)4;;;1-2/h3-4H,1-2H3;1H3;;1H,2H3. The molecule has 0 radical (unpaired) electrons. The van der Waals surface area contributed by atoms with Crippen LogP contribution in [0.5, 0.6) is 0 Å². The van der Waals surface area contributed by atoms with Gasteiger partial charge in [0.2, 0.25) is 0 Å². The zero-order chi connectivity index (χ0) is 7.58. The Bertz CT molecular complexity index is 18.8. The molecule has 2 nitrogen and oxygen atoms in total. The second kappa shape index (κ2) is 23.3. The molecule has 0 aliphatic heterocycles. The van der Waals surface area contributed by atoms with Crippen LogP contribution in [-0.2, 0) is 0 Å². The van der Waals surface area contributed by atoms with Crippen molar-refractivity contribution in [2.24, 2.45) is 0 Å². The third-order valence-corrected chi connectivity index (χ3v) is 0. The van der Waals surface area contributed by atoms with Crippen molar-refractivity contribution < 1.29 is 9.90 Å². The summed E-state index contributed by atoms with van der Waals surface area (Å²) in [7, 11) is 0.306. The third-order valence-electron chi connectivity index (χ3n) is 0. The maximum absolute atomic E-state index is 8.06. The van der Waals surface area contributed by atoms with Crippen LogP contribution in [0.3, 0.4) is 0 Å². The Labute approximate surface area is 88.8 Å². The van der Waals surface area contributed by atoms with Gasteiger partial charge < -0.3 is 9.90 Å². The number of aliphatic hydroxyl groups is 1. The van der Waals surface area contributed by atoms with Crippen LogP contribution in [-0.4, -0.2) is 75.4 Å². The monoisotopic (exact) mass is 162 g/mol. The van der Waals surface area contributed by atoms with Gasteiger partial charge in [0.1, 0.15) is 10.5 Å². The van der Waals surface area contributed by atoms with E-state index in [0.29, 0.717) is 10.5 Å². The molecule has 8 heavy (non-hydrogen) atoms. The zero-order valence-electron chi connectivity index (χ0n) is 6.47. The first-order valence-electron chi connectivity index (χ1n) is 2.86. The Kier molecular flexibility index (Phi) is 47.7. The first kappa shape index (κ1) is 16.4. The van der Waals surface area contributed by atoms with Gasteiger partial charge in [0.05, 0.1) is 0 Å². The van der Waals surface area contributed by atoms with Gasteiger partial charge in [-0.3, -0.25) is 0 Å². The summed E-state index contributed by atoms with van der Waals surface area (Å²) >= 11 is 1.06. The number of hydrogen-bond acceptors (Lipinski definition) is 2. The molecule has 0 aliphatic rings. The van der Waals surface area contributed by atoms with E-state index >= 15 is 0 Å². The zero-order valence-corrected chi connectivity index (χ0v) is 11.6. The van der Waals surface area contributed by atoms with Crippen molar-refractivity contribution in [1.82, 2.24) is 0 Å². The predicted molar refractivity (Wildman–Crippen MR) is 41.1 cm³/mol. The molecule has 0 amide bonds. The van der Waals surface area contributed by atoms with Gasteiger partial charge in [0.25, 0.3) is 0 Å². The van der Waals surface area contributed by atoms with Crippen LogP contribution in [0.15, 0.2) is 0 Å². The Hall–Kier alpha value is 1.77. The minimum atomic E-state index is -0.167. The summed E-state index contributed by atoms with van der Waals surface area (Å²) in [6.07, 6.45) is -0.167. The molecule has 0 spiro atoms. The van der Waals surface area contributed by atoms with E-state index in [1.165, 1.54) is 0 Å². The molecule has 0 aliphatic carbocycles. The van der Waals surface area contributed by atoms with Crippen molar-refractivity contribution >= 4 is 59.4 Å². The summed E-state index contributed by atoms with van der Waals surface area (Å²) in [5.74, 6) is 0. The molecule has 2 N–H and O–H groups in total. The van der Waals surface area contributed by atoms with Crippen molar-refractivity contribution in [2.75, 3.05) is 0 Å². The average molecular weight is 162 g/mol. The molecule has 0 aromatic carbocycles. The van der Waals surface area contributed by atoms with Crippen LogP contribution >= 0.6 is 0 Å². The summed E-state index contributed by atoms with van der Waals surface area (Å²) in [4.78, 5) is 7.14. The van der Waals surface area contributed by atoms with Crippen molar-refractivity contribution in [3.63, 3.8) is 0 Å². The Morgan fingerprint density at radius 1 is 1.25 bits per heavy atom. The number of hydrogen-bond donors (Lipinski definition) is 2. The quantitative estimate of drug-likeness (QED) is 0.442. The maximum atomic E-state index is 8.06. The van der Waals surface area contributed by atoms with E-state index in [2.05, 4.69) is 1.02 Å². The molecule has 48 valence electrons. The van der Waals surface area contributed by atoms with Crippen LogP contribution in [0.25, 0.3) is 0 Å². The summed E-state index contributed by atoms with van der Waals surface area (Å²) < 4.78 is 2.19. The molecule has 0 bridgehead atoms. The second-order valence-corrected chi connectivity index (χ2v) is 1.09. The number of aliphatic hydroxyl groups excluding tert-OH is 1. The molecule has 0 atom stereocenters. The molecule has 0 fully saturated rings. The van der Waals surface area contributed by atoms with Gasteiger partial charge >= 0.3 is 50.0 Å². The van der Waals surface area contributed by atoms with Gasteiger partial charge in [0.15, 0.2) is 0 Å². The van der Waals surface area contributed by atoms with Crippen LogP contribution in [0, 0.1) is 0 Å². The summed E-state index contributed by atoms with van der Waals surface area (Å²) in [5.41, 5.74) is 0. The van der Waals surface area contributed by atoms with Crippen molar-refractivity contribution in [3.8, 4) is 0 Å². The van der Waals surface area contributed by atoms with E-state index in [-0.39, 0.29) is 6.10 Å². The fourth-order valence-electron chi connectivity index (χ4n) is 0. The van der Waals surface area contributed by atoms with Gasteiger partial charge in [-0.2, -0.15) is 0 Å². The molecule has 0 aromatic rings. The van der Waals surface area contributed by atoms with Gasteiger partial charge in [-0.05, 0) is 13.8 Å². The minimum absolute atomic E-state index is 0.167. The molecule has 0 rings (SSSR count). The molecular formula is C4H15KO2Si. The first-order valence-corrected chi connectivity index (χ1v) is 6.88. The second-order valence-electron chi connectivity index (χ2n) is 1.09. The van der Waals surface area contributed by atoms with E-state index in [9.17, 15) is 0 Å². The molecule has 0 saturated heterocycles. The fourth-order valence-corrected chi connectivity index (χ4v) is 0. The Morgan fingerprint density at radius 3 is 1.25 bits per heavy atom. The predicted octanol–water partition coefficient (Wildman–Crippen LogP) is -1.15. The van der Waals surface area contributed by atoms with E-state index in [1.807, 2.05) is 0 Å². The van der Waals surface area contributed by atoms with Crippen molar-refractivity contribution in [3.05, 3.63) is 0 Å². The fraction of sp³-hybridized carbons (Fsp3) is 1.00. The summed E-state index contributed by atoms with van der Waals surface area (Å²) in [6, 6.07) is 0. The average Bonchev–Trinajstić information content (AvgIpc) is 1.75. The Balaban J connectivity index is -0.0000000542. The van der Waals surface area contributed by atoms with E-state index in [0.717, 1.165) is 49.0 Å². The van der Waals surface area contributed by atoms with Crippen molar-refractivity contribution in [1.29, 1.82) is 0 Å².